The quantitative estimate of drug-likeness (QED) is 0.863. The molecule has 2 aliphatic carbocycles. The third kappa shape index (κ3) is 3.51. The van der Waals surface area contributed by atoms with Gasteiger partial charge in [0.2, 0.25) is 0 Å². The van der Waals surface area contributed by atoms with Crippen LogP contribution < -0.4 is 11.1 Å². The van der Waals surface area contributed by atoms with Crippen LogP contribution in [0.3, 0.4) is 0 Å². The molecule has 0 aromatic carbocycles. The Bertz CT molecular complexity index is 779. The summed E-state index contributed by atoms with van der Waals surface area (Å²) >= 11 is 0. The van der Waals surface area contributed by atoms with Crippen molar-refractivity contribution in [2.24, 2.45) is 11.7 Å². The smallest absolute Gasteiger partial charge is 0.367 e. The van der Waals surface area contributed by atoms with Crippen LogP contribution in [0, 0.1) is 5.92 Å². The molecule has 2 aliphatic rings. The molecule has 0 bridgehead atoms. The standard InChI is InChI=1S/C18H24F3N5/c19-18(20,21)15-10-23-26-16(24-13-6-5-12(22)8-13)9-14(25-17(15)26)7-11-3-1-2-4-11/h9-13,24H,1-8,22H2/t12-,13-/m0/s1. The van der Waals surface area contributed by atoms with Gasteiger partial charge in [0.1, 0.15) is 11.4 Å². The molecule has 0 spiro atoms. The summed E-state index contributed by atoms with van der Waals surface area (Å²) in [6.07, 6.45) is 4.41. The number of nitrogens with two attached hydrogens (primary N) is 1. The third-order valence-corrected chi connectivity index (χ3v) is 5.63. The van der Waals surface area contributed by atoms with Gasteiger partial charge >= 0.3 is 6.18 Å². The summed E-state index contributed by atoms with van der Waals surface area (Å²) in [5.41, 5.74) is 5.78. The highest BCUT2D eigenvalue weighted by molar-refractivity contribution is 5.56. The van der Waals surface area contributed by atoms with Crippen molar-refractivity contribution < 1.29 is 13.2 Å². The summed E-state index contributed by atoms with van der Waals surface area (Å²) in [6.45, 7) is 0. The van der Waals surface area contributed by atoms with Gasteiger partial charge in [0.25, 0.3) is 0 Å². The molecule has 5 nitrogen and oxygen atoms in total. The van der Waals surface area contributed by atoms with Crippen LogP contribution in [0.2, 0.25) is 0 Å². The van der Waals surface area contributed by atoms with E-state index in [4.69, 9.17) is 5.73 Å². The van der Waals surface area contributed by atoms with E-state index in [1.165, 1.54) is 17.4 Å². The molecule has 2 aromatic heterocycles. The molecular weight excluding hydrogens is 343 g/mol. The molecule has 0 saturated heterocycles. The number of hydrogen-bond acceptors (Lipinski definition) is 4. The molecule has 0 radical (unpaired) electrons. The Morgan fingerprint density at radius 2 is 1.96 bits per heavy atom. The van der Waals surface area contributed by atoms with Crippen LogP contribution >= 0.6 is 0 Å². The number of anilines is 1. The minimum Gasteiger partial charge on any atom is -0.367 e. The fourth-order valence-electron chi connectivity index (χ4n) is 4.29. The molecule has 2 atom stereocenters. The number of halogens is 3. The molecule has 0 aliphatic heterocycles. The average molecular weight is 367 g/mol. The van der Waals surface area contributed by atoms with Crippen molar-refractivity contribution in [2.45, 2.75) is 69.6 Å². The molecule has 2 aromatic rings. The molecule has 0 amide bonds. The van der Waals surface area contributed by atoms with Gasteiger partial charge < -0.3 is 11.1 Å². The maximum absolute atomic E-state index is 13.3. The van der Waals surface area contributed by atoms with Crippen LogP contribution in [0.1, 0.15) is 56.2 Å². The van der Waals surface area contributed by atoms with E-state index in [2.05, 4.69) is 15.4 Å². The first kappa shape index (κ1) is 17.6. The van der Waals surface area contributed by atoms with E-state index in [9.17, 15) is 13.2 Å². The number of alkyl halides is 3. The molecule has 26 heavy (non-hydrogen) atoms. The Hall–Kier alpha value is -1.83. The van der Waals surface area contributed by atoms with Crippen molar-refractivity contribution in [1.82, 2.24) is 14.6 Å². The highest BCUT2D eigenvalue weighted by atomic mass is 19.4. The Morgan fingerprint density at radius 1 is 1.19 bits per heavy atom. The van der Waals surface area contributed by atoms with Gasteiger partial charge in [0.05, 0.1) is 6.20 Å². The first-order valence-corrected chi connectivity index (χ1v) is 9.37. The lowest BCUT2D eigenvalue weighted by Crippen LogP contribution is -2.22. The monoisotopic (exact) mass is 367 g/mol. The van der Waals surface area contributed by atoms with Crippen molar-refractivity contribution >= 4 is 11.5 Å². The highest BCUT2D eigenvalue weighted by Gasteiger charge is 2.36. The van der Waals surface area contributed by atoms with E-state index >= 15 is 0 Å². The zero-order valence-electron chi connectivity index (χ0n) is 14.6. The topological polar surface area (TPSA) is 68.2 Å². The summed E-state index contributed by atoms with van der Waals surface area (Å²) in [6, 6.07) is 2.17. The van der Waals surface area contributed by atoms with Crippen molar-refractivity contribution in [3.05, 3.63) is 23.5 Å². The van der Waals surface area contributed by atoms with E-state index in [1.54, 1.807) is 0 Å². The highest BCUT2D eigenvalue weighted by Crippen LogP contribution is 2.34. The number of fused-ring (bicyclic) bond motifs is 1. The second kappa shape index (κ2) is 6.72. The summed E-state index contributed by atoms with van der Waals surface area (Å²) in [5, 5.41) is 7.32. The van der Waals surface area contributed by atoms with Crippen LogP contribution in [0.4, 0.5) is 19.0 Å². The van der Waals surface area contributed by atoms with Gasteiger partial charge in [-0.15, -0.1) is 0 Å². The number of hydrogen-bond donors (Lipinski definition) is 2. The molecule has 3 N–H and O–H groups in total. The van der Waals surface area contributed by atoms with E-state index < -0.39 is 11.7 Å². The van der Waals surface area contributed by atoms with Gasteiger partial charge in [-0.1, -0.05) is 25.7 Å². The predicted octanol–water partition coefficient (Wildman–Crippen LogP) is 3.77. The van der Waals surface area contributed by atoms with Gasteiger partial charge in [0.15, 0.2) is 5.65 Å². The molecule has 8 heteroatoms. The van der Waals surface area contributed by atoms with Crippen molar-refractivity contribution in [3.8, 4) is 0 Å². The first-order chi connectivity index (χ1) is 12.4. The zero-order chi connectivity index (χ0) is 18.3. The fourth-order valence-corrected chi connectivity index (χ4v) is 4.29. The van der Waals surface area contributed by atoms with Gasteiger partial charge in [0, 0.05) is 23.8 Å². The van der Waals surface area contributed by atoms with Crippen molar-refractivity contribution in [2.75, 3.05) is 5.32 Å². The largest absolute Gasteiger partial charge is 0.421 e. The van der Waals surface area contributed by atoms with Gasteiger partial charge in [-0.25, -0.2) is 4.98 Å². The molecule has 2 saturated carbocycles. The molecule has 142 valence electrons. The number of aromatic nitrogens is 3. The van der Waals surface area contributed by atoms with Crippen LogP contribution in [0.5, 0.6) is 0 Å². The SMILES string of the molecule is N[C@H]1CC[C@H](Nc2cc(CC3CCCC3)nc3c(C(F)(F)F)cnn23)C1. The van der Waals surface area contributed by atoms with Gasteiger partial charge in [-0.2, -0.15) is 22.8 Å². The molecule has 0 unspecified atom stereocenters. The van der Waals surface area contributed by atoms with E-state index in [1.807, 2.05) is 6.07 Å². The summed E-state index contributed by atoms with van der Waals surface area (Å²) in [7, 11) is 0. The summed E-state index contributed by atoms with van der Waals surface area (Å²) in [5.74, 6) is 1.09. The number of nitrogens with one attached hydrogen (secondary N) is 1. The van der Waals surface area contributed by atoms with E-state index in [-0.39, 0.29) is 17.7 Å². The summed E-state index contributed by atoms with van der Waals surface area (Å²) < 4.78 is 41.3. The van der Waals surface area contributed by atoms with Gasteiger partial charge in [-0.05, 0) is 31.6 Å². The normalized spacial score (nSPS) is 24.6. The minimum atomic E-state index is -4.46. The lowest BCUT2D eigenvalue weighted by atomic mass is 10.0. The molecule has 2 fully saturated rings. The maximum atomic E-state index is 13.3. The van der Waals surface area contributed by atoms with Crippen LogP contribution in [0.25, 0.3) is 5.65 Å². The second-order valence-electron chi connectivity index (χ2n) is 7.69. The van der Waals surface area contributed by atoms with Gasteiger partial charge in [-0.3, -0.25) is 0 Å². The average Bonchev–Trinajstić information content (AvgIpc) is 3.27. The maximum Gasteiger partial charge on any atom is 0.421 e. The number of nitrogens with zero attached hydrogens (tertiary/aromatic N) is 3. The Morgan fingerprint density at radius 3 is 2.62 bits per heavy atom. The summed E-state index contributed by atoms with van der Waals surface area (Å²) in [4.78, 5) is 4.33. The first-order valence-electron chi connectivity index (χ1n) is 9.37. The Kier molecular flexibility index (Phi) is 4.54. The Labute approximate surface area is 150 Å². The lowest BCUT2D eigenvalue weighted by molar-refractivity contribution is -0.136. The predicted molar refractivity (Wildman–Crippen MR) is 92.9 cm³/mol. The Balaban J connectivity index is 1.71. The van der Waals surface area contributed by atoms with Crippen molar-refractivity contribution in [3.63, 3.8) is 0 Å². The lowest BCUT2D eigenvalue weighted by Gasteiger charge is -2.17. The fraction of sp³-hybridized carbons (Fsp3) is 0.667. The van der Waals surface area contributed by atoms with Crippen LogP contribution in [0.15, 0.2) is 12.3 Å². The van der Waals surface area contributed by atoms with Crippen LogP contribution in [-0.2, 0) is 12.6 Å². The molecular formula is C18H24F3N5. The second-order valence-corrected chi connectivity index (χ2v) is 7.69. The minimum absolute atomic E-state index is 0.113. The van der Waals surface area contributed by atoms with E-state index in [0.717, 1.165) is 44.7 Å². The van der Waals surface area contributed by atoms with E-state index in [0.29, 0.717) is 17.4 Å². The molecule has 4 rings (SSSR count). The van der Waals surface area contributed by atoms with Crippen LogP contribution in [-0.4, -0.2) is 26.7 Å². The molecule has 2 heterocycles. The zero-order valence-corrected chi connectivity index (χ0v) is 14.6. The number of rotatable bonds is 4. The van der Waals surface area contributed by atoms with Crippen molar-refractivity contribution in [1.29, 1.82) is 0 Å². The third-order valence-electron chi connectivity index (χ3n) is 5.63.